The van der Waals surface area contributed by atoms with Crippen molar-refractivity contribution in [2.75, 3.05) is 45.9 Å². The molecule has 150 valence electrons. The Labute approximate surface area is 156 Å². The van der Waals surface area contributed by atoms with E-state index >= 15 is 0 Å². The molecule has 0 aromatic heterocycles. The van der Waals surface area contributed by atoms with Gasteiger partial charge in [-0.15, -0.1) is 0 Å². The van der Waals surface area contributed by atoms with E-state index < -0.39 is 11.7 Å². The van der Waals surface area contributed by atoms with Crippen LogP contribution in [0, 0.1) is 0 Å². The number of carbonyl (C=O) groups is 2. The van der Waals surface area contributed by atoms with E-state index in [4.69, 9.17) is 4.74 Å². The van der Waals surface area contributed by atoms with Gasteiger partial charge in [-0.1, -0.05) is 13.0 Å². The molecule has 6 nitrogen and oxygen atoms in total. The van der Waals surface area contributed by atoms with Gasteiger partial charge in [0.2, 0.25) is 5.91 Å². The van der Waals surface area contributed by atoms with E-state index in [1.807, 2.05) is 11.8 Å². The van der Waals surface area contributed by atoms with Crippen molar-refractivity contribution in [3.05, 3.63) is 29.8 Å². The van der Waals surface area contributed by atoms with Crippen LogP contribution < -0.4 is 10.1 Å². The second kappa shape index (κ2) is 9.59. The molecule has 9 heteroatoms. The first kappa shape index (κ1) is 21.0. The van der Waals surface area contributed by atoms with Crippen LogP contribution in [0.25, 0.3) is 0 Å². The van der Waals surface area contributed by atoms with E-state index in [-0.39, 0.29) is 24.2 Å². The van der Waals surface area contributed by atoms with Crippen LogP contribution in [0.2, 0.25) is 0 Å². The molecule has 0 unspecified atom stereocenters. The Morgan fingerprint density at radius 2 is 1.89 bits per heavy atom. The van der Waals surface area contributed by atoms with E-state index in [1.165, 1.54) is 12.1 Å². The molecule has 2 amide bonds. The number of amides is 2. The fourth-order valence-electron chi connectivity index (χ4n) is 2.68. The fraction of sp³-hybridized carbons (Fsp3) is 0.556. The van der Waals surface area contributed by atoms with Crippen molar-refractivity contribution >= 4 is 11.8 Å². The van der Waals surface area contributed by atoms with Crippen LogP contribution in [0.1, 0.15) is 18.9 Å². The van der Waals surface area contributed by atoms with Crippen molar-refractivity contribution in [2.45, 2.75) is 19.5 Å². The minimum atomic E-state index is -4.46. The molecule has 1 N–H and O–H groups in total. The summed E-state index contributed by atoms with van der Waals surface area (Å²) in [5.41, 5.74) is -0.817. The Balaban J connectivity index is 1.76. The van der Waals surface area contributed by atoms with Crippen molar-refractivity contribution in [1.82, 2.24) is 15.1 Å². The molecule has 1 saturated heterocycles. The zero-order chi connectivity index (χ0) is 19.9. The van der Waals surface area contributed by atoms with E-state index in [1.54, 1.807) is 4.90 Å². The number of hydrogen-bond acceptors (Lipinski definition) is 4. The molecule has 0 atom stereocenters. The first-order chi connectivity index (χ1) is 12.8. The highest BCUT2D eigenvalue weighted by molar-refractivity contribution is 5.79. The van der Waals surface area contributed by atoms with E-state index in [9.17, 15) is 22.8 Å². The van der Waals surface area contributed by atoms with Gasteiger partial charge in [-0.3, -0.25) is 14.5 Å². The first-order valence-corrected chi connectivity index (χ1v) is 8.86. The number of nitrogens with zero attached hydrogens (tertiary/aromatic N) is 2. The Kier molecular flexibility index (Phi) is 7.46. The average Bonchev–Trinajstić information content (AvgIpc) is 2.64. The topological polar surface area (TPSA) is 61.9 Å². The van der Waals surface area contributed by atoms with Crippen molar-refractivity contribution in [3.63, 3.8) is 0 Å². The van der Waals surface area contributed by atoms with Gasteiger partial charge >= 0.3 is 6.18 Å². The smallest absolute Gasteiger partial charge is 0.416 e. The second-order valence-corrected chi connectivity index (χ2v) is 6.32. The lowest BCUT2D eigenvalue weighted by molar-refractivity contribution is -0.137. The summed E-state index contributed by atoms with van der Waals surface area (Å²) >= 11 is 0. The number of rotatable bonds is 7. The third-order valence-corrected chi connectivity index (χ3v) is 4.19. The number of carbonyl (C=O) groups excluding carboxylic acids is 2. The third kappa shape index (κ3) is 6.74. The molecule has 1 aromatic carbocycles. The maximum absolute atomic E-state index is 12.7. The van der Waals surface area contributed by atoms with Gasteiger partial charge < -0.3 is 15.0 Å². The molecule has 2 rings (SSSR count). The predicted octanol–water partition coefficient (Wildman–Crippen LogP) is 1.75. The average molecular weight is 387 g/mol. The molecule has 0 saturated carbocycles. The normalized spacial score (nSPS) is 15.5. The molecule has 1 aromatic rings. The number of benzene rings is 1. The number of halogens is 3. The number of ether oxygens (including phenoxy) is 1. The van der Waals surface area contributed by atoms with Gasteiger partial charge in [-0.25, -0.2) is 0 Å². The van der Waals surface area contributed by atoms with Gasteiger partial charge in [0.15, 0.2) is 6.61 Å². The van der Waals surface area contributed by atoms with Gasteiger partial charge in [-0.05, 0) is 24.6 Å². The summed E-state index contributed by atoms with van der Waals surface area (Å²) in [7, 11) is 0. The number of piperazine rings is 1. The van der Waals surface area contributed by atoms with Crippen LogP contribution in [-0.2, 0) is 15.8 Å². The Hall–Kier alpha value is -2.29. The van der Waals surface area contributed by atoms with Crippen molar-refractivity contribution in [3.8, 4) is 5.75 Å². The minimum Gasteiger partial charge on any atom is -0.484 e. The summed E-state index contributed by atoms with van der Waals surface area (Å²) < 4.78 is 43.3. The summed E-state index contributed by atoms with van der Waals surface area (Å²) in [5, 5.41) is 2.81. The van der Waals surface area contributed by atoms with Crippen molar-refractivity contribution in [2.24, 2.45) is 0 Å². The quantitative estimate of drug-likeness (QED) is 0.775. The molecule has 1 aliphatic heterocycles. The minimum absolute atomic E-state index is 0.00408. The van der Waals surface area contributed by atoms with E-state index in [2.05, 4.69) is 5.32 Å². The molecule has 0 spiro atoms. The number of hydrogen-bond donors (Lipinski definition) is 1. The SMILES string of the molecule is CCCNC(=O)CN1CCN(C(=O)COc2cccc(C(F)(F)F)c2)CC1. The summed E-state index contributed by atoms with van der Waals surface area (Å²) in [6, 6.07) is 4.45. The Morgan fingerprint density at radius 1 is 1.19 bits per heavy atom. The lowest BCUT2D eigenvalue weighted by Gasteiger charge is -2.34. The van der Waals surface area contributed by atoms with Gasteiger partial charge in [0, 0.05) is 32.7 Å². The van der Waals surface area contributed by atoms with Crippen LogP contribution >= 0.6 is 0 Å². The summed E-state index contributed by atoms with van der Waals surface area (Å²) in [6.45, 7) is 4.62. The highest BCUT2D eigenvalue weighted by Gasteiger charge is 2.30. The standard InChI is InChI=1S/C18H24F3N3O3/c1-2-6-22-16(25)12-23-7-9-24(10-8-23)17(26)13-27-15-5-3-4-14(11-15)18(19,20)21/h3-5,11H,2,6-10,12-13H2,1H3,(H,22,25). The van der Waals surface area contributed by atoms with Crippen LogP contribution in [0.3, 0.4) is 0 Å². The van der Waals surface area contributed by atoms with Gasteiger partial charge in [0.25, 0.3) is 5.91 Å². The molecular weight excluding hydrogens is 363 g/mol. The monoisotopic (exact) mass is 387 g/mol. The summed E-state index contributed by atoms with van der Waals surface area (Å²) in [4.78, 5) is 27.5. The predicted molar refractivity (Wildman–Crippen MR) is 93.3 cm³/mol. The zero-order valence-electron chi connectivity index (χ0n) is 15.2. The summed E-state index contributed by atoms with van der Waals surface area (Å²) in [6.07, 6.45) is -3.58. The third-order valence-electron chi connectivity index (χ3n) is 4.19. The fourth-order valence-corrected chi connectivity index (χ4v) is 2.68. The molecule has 0 aliphatic carbocycles. The maximum Gasteiger partial charge on any atom is 0.416 e. The lowest BCUT2D eigenvalue weighted by atomic mass is 10.2. The highest BCUT2D eigenvalue weighted by Crippen LogP contribution is 2.31. The molecule has 1 fully saturated rings. The second-order valence-electron chi connectivity index (χ2n) is 6.32. The molecule has 27 heavy (non-hydrogen) atoms. The van der Waals surface area contributed by atoms with Crippen LogP contribution in [0.4, 0.5) is 13.2 Å². The molecule has 1 heterocycles. The lowest BCUT2D eigenvalue weighted by Crippen LogP contribution is -2.52. The Bertz CT molecular complexity index is 644. The maximum atomic E-state index is 12.7. The molecule has 0 radical (unpaired) electrons. The Morgan fingerprint density at radius 3 is 2.52 bits per heavy atom. The van der Waals surface area contributed by atoms with Crippen LogP contribution in [0.5, 0.6) is 5.75 Å². The van der Waals surface area contributed by atoms with Crippen LogP contribution in [-0.4, -0.2) is 67.5 Å². The number of alkyl halides is 3. The largest absolute Gasteiger partial charge is 0.484 e. The molecule has 1 aliphatic rings. The van der Waals surface area contributed by atoms with E-state index in [0.717, 1.165) is 18.6 Å². The van der Waals surface area contributed by atoms with E-state index in [0.29, 0.717) is 39.3 Å². The molecular formula is C18H24F3N3O3. The number of nitrogens with one attached hydrogen (secondary N) is 1. The van der Waals surface area contributed by atoms with Crippen molar-refractivity contribution < 1.29 is 27.5 Å². The van der Waals surface area contributed by atoms with Gasteiger partial charge in [0.1, 0.15) is 5.75 Å². The summed E-state index contributed by atoms with van der Waals surface area (Å²) in [5.74, 6) is -0.323. The van der Waals surface area contributed by atoms with Gasteiger partial charge in [-0.2, -0.15) is 13.2 Å². The van der Waals surface area contributed by atoms with Crippen LogP contribution in [0.15, 0.2) is 24.3 Å². The highest BCUT2D eigenvalue weighted by atomic mass is 19.4. The molecule has 0 bridgehead atoms. The van der Waals surface area contributed by atoms with Gasteiger partial charge in [0.05, 0.1) is 12.1 Å². The first-order valence-electron chi connectivity index (χ1n) is 8.86. The zero-order valence-corrected chi connectivity index (χ0v) is 15.2. The van der Waals surface area contributed by atoms with Crippen molar-refractivity contribution in [1.29, 1.82) is 0 Å².